The van der Waals surface area contributed by atoms with Crippen molar-refractivity contribution in [2.24, 2.45) is 0 Å². The zero-order valence-electron chi connectivity index (χ0n) is 17.7. The highest BCUT2D eigenvalue weighted by Gasteiger charge is 2.19. The Morgan fingerprint density at radius 2 is 1.91 bits per heavy atom. The number of anilines is 2. The number of nitrogens with zero attached hydrogens (tertiary/aromatic N) is 1. The van der Waals surface area contributed by atoms with Crippen LogP contribution in [0, 0.1) is 6.92 Å². The number of benzene rings is 2. The topological polar surface area (TPSA) is 123 Å². The van der Waals surface area contributed by atoms with Crippen molar-refractivity contribution < 1.29 is 22.5 Å². The SMILES string of the molecule is COc1ccc2c(Cl)c(C(=O)NC(=S)Nc3ccc(S(=O)(=O)Nc4cc(C)on4)cc3)sc2c1. The number of amides is 1. The van der Waals surface area contributed by atoms with Crippen molar-refractivity contribution in [3.63, 3.8) is 0 Å². The summed E-state index contributed by atoms with van der Waals surface area (Å²) in [4.78, 5) is 13.0. The van der Waals surface area contributed by atoms with Crippen molar-refractivity contribution >= 4 is 77.8 Å². The van der Waals surface area contributed by atoms with Crippen LogP contribution in [0.2, 0.25) is 5.02 Å². The Hall–Kier alpha value is -3.19. The van der Waals surface area contributed by atoms with Gasteiger partial charge in [0.05, 0.1) is 17.0 Å². The van der Waals surface area contributed by atoms with Crippen LogP contribution >= 0.6 is 35.2 Å². The molecule has 0 unspecified atom stereocenters. The summed E-state index contributed by atoms with van der Waals surface area (Å²) in [5.41, 5.74) is 0.480. The molecule has 13 heteroatoms. The lowest BCUT2D eigenvalue weighted by molar-refractivity contribution is 0.0982. The normalized spacial score (nSPS) is 11.3. The number of methoxy groups -OCH3 is 1. The third-order valence-corrected chi connectivity index (χ3v) is 7.79. The largest absolute Gasteiger partial charge is 0.497 e. The molecule has 0 aliphatic heterocycles. The lowest BCUT2D eigenvalue weighted by Crippen LogP contribution is -2.33. The summed E-state index contributed by atoms with van der Waals surface area (Å²) in [6.45, 7) is 1.65. The van der Waals surface area contributed by atoms with Crippen LogP contribution in [0.4, 0.5) is 11.5 Å². The van der Waals surface area contributed by atoms with Crippen LogP contribution in [0.25, 0.3) is 10.1 Å². The number of aryl methyl sites for hydroxylation is 1. The Balaban J connectivity index is 1.41. The first-order valence-corrected chi connectivity index (χ1v) is 12.7. The van der Waals surface area contributed by atoms with Gasteiger partial charge in [-0.15, -0.1) is 11.3 Å². The Morgan fingerprint density at radius 3 is 2.56 bits per heavy atom. The van der Waals surface area contributed by atoms with Gasteiger partial charge in [-0.1, -0.05) is 16.8 Å². The molecule has 9 nitrogen and oxygen atoms in total. The second-order valence-corrected chi connectivity index (χ2v) is 10.5. The van der Waals surface area contributed by atoms with E-state index in [1.807, 2.05) is 0 Å². The number of sulfonamides is 1. The quantitative estimate of drug-likeness (QED) is 0.301. The number of ether oxygens (including phenoxy) is 1. The Labute approximate surface area is 209 Å². The Morgan fingerprint density at radius 1 is 1.18 bits per heavy atom. The standard InChI is InChI=1S/C21H17ClN4O5S3/c1-11-9-17(25-31-11)26-34(28,29)14-6-3-12(4-7-14)23-21(32)24-20(27)19-18(22)15-8-5-13(30-2)10-16(15)33-19/h3-10H,1-2H3,(H,25,26)(H2,23,24,27,32). The number of carbonyl (C=O) groups is 1. The second-order valence-electron chi connectivity index (χ2n) is 6.97. The molecule has 0 fully saturated rings. The first-order chi connectivity index (χ1) is 16.2. The average molecular weight is 537 g/mol. The highest BCUT2D eigenvalue weighted by Crippen LogP contribution is 2.37. The Kier molecular flexibility index (Phi) is 6.75. The molecule has 0 spiro atoms. The minimum Gasteiger partial charge on any atom is -0.497 e. The number of thiocarbonyl (C=S) groups is 1. The summed E-state index contributed by atoms with van der Waals surface area (Å²) in [6, 6.07) is 12.6. The summed E-state index contributed by atoms with van der Waals surface area (Å²) < 4.78 is 38.2. The van der Waals surface area contributed by atoms with Gasteiger partial charge in [-0.05, 0) is 61.6 Å². The van der Waals surface area contributed by atoms with E-state index in [4.69, 9.17) is 33.1 Å². The fourth-order valence-corrected chi connectivity index (χ4v) is 5.60. The molecule has 2 aromatic heterocycles. The molecule has 4 rings (SSSR count). The molecule has 4 aromatic rings. The number of hydrogen-bond acceptors (Lipinski definition) is 8. The summed E-state index contributed by atoms with van der Waals surface area (Å²) in [5.74, 6) is 0.756. The number of fused-ring (bicyclic) bond motifs is 1. The van der Waals surface area contributed by atoms with E-state index in [1.54, 1.807) is 32.2 Å². The van der Waals surface area contributed by atoms with Gasteiger partial charge in [-0.2, -0.15) is 0 Å². The van der Waals surface area contributed by atoms with E-state index in [2.05, 4.69) is 20.5 Å². The molecule has 0 atom stereocenters. The number of rotatable bonds is 6. The van der Waals surface area contributed by atoms with Gasteiger partial charge in [-0.25, -0.2) is 8.42 Å². The predicted octanol–water partition coefficient (Wildman–Crippen LogP) is 4.79. The fraction of sp³-hybridized carbons (Fsp3) is 0.0952. The van der Waals surface area contributed by atoms with Crippen LogP contribution in [0.1, 0.15) is 15.4 Å². The van der Waals surface area contributed by atoms with Crippen LogP contribution in [0.15, 0.2) is 57.9 Å². The van der Waals surface area contributed by atoms with Crippen LogP contribution in [-0.4, -0.2) is 31.7 Å². The van der Waals surface area contributed by atoms with Crippen LogP contribution < -0.4 is 20.1 Å². The smallest absolute Gasteiger partial charge is 0.269 e. The van der Waals surface area contributed by atoms with Gasteiger partial charge in [0, 0.05) is 21.8 Å². The number of aromatic nitrogens is 1. The van der Waals surface area contributed by atoms with Crippen LogP contribution in [0.5, 0.6) is 5.75 Å². The molecule has 2 heterocycles. The van der Waals surface area contributed by atoms with Crippen molar-refractivity contribution in [3.05, 3.63) is 64.2 Å². The summed E-state index contributed by atoms with van der Waals surface area (Å²) in [7, 11) is -2.29. The molecule has 0 aliphatic rings. The number of hydrogen-bond donors (Lipinski definition) is 3. The van der Waals surface area contributed by atoms with E-state index in [1.165, 1.54) is 41.7 Å². The van der Waals surface area contributed by atoms with Crippen molar-refractivity contribution in [1.29, 1.82) is 0 Å². The van der Waals surface area contributed by atoms with E-state index >= 15 is 0 Å². The second kappa shape index (κ2) is 9.58. The minimum absolute atomic E-state index is 0.0149. The fourth-order valence-electron chi connectivity index (χ4n) is 2.97. The number of thiophene rings is 1. The molecule has 0 aliphatic carbocycles. The molecule has 1 amide bonds. The van der Waals surface area contributed by atoms with Crippen molar-refractivity contribution in [1.82, 2.24) is 10.5 Å². The maximum absolute atomic E-state index is 12.7. The molecular weight excluding hydrogens is 520 g/mol. The number of carbonyl (C=O) groups excluding carboxylic acids is 1. The van der Waals surface area contributed by atoms with Gasteiger partial charge in [0.15, 0.2) is 10.9 Å². The zero-order valence-corrected chi connectivity index (χ0v) is 20.9. The van der Waals surface area contributed by atoms with E-state index in [0.717, 1.165) is 10.1 Å². The number of nitrogens with one attached hydrogen (secondary N) is 3. The molecule has 34 heavy (non-hydrogen) atoms. The lowest BCUT2D eigenvalue weighted by Gasteiger charge is -2.10. The minimum atomic E-state index is -3.85. The van der Waals surface area contributed by atoms with Gasteiger partial charge in [0.2, 0.25) is 0 Å². The first-order valence-electron chi connectivity index (χ1n) is 9.61. The third kappa shape index (κ3) is 5.14. The average Bonchev–Trinajstić information content (AvgIpc) is 3.35. The van der Waals surface area contributed by atoms with Crippen molar-refractivity contribution in [2.45, 2.75) is 11.8 Å². The predicted molar refractivity (Wildman–Crippen MR) is 136 cm³/mol. The van der Waals surface area contributed by atoms with E-state index < -0.39 is 15.9 Å². The highest BCUT2D eigenvalue weighted by molar-refractivity contribution is 7.92. The van der Waals surface area contributed by atoms with Gasteiger partial charge in [0.1, 0.15) is 16.4 Å². The van der Waals surface area contributed by atoms with Crippen LogP contribution in [0.3, 0.4) is 0 Å². The molecule has 176 valence electrons. The van der Waals surface area contributed by atoms with Gasteiger partial charge in [0.25, 0.3) is 15.9 Å². The van der Waals surface area contributed by atoms with E-state index in [-0.39, 0.29) is 15.8 Å². The van der Waals surface area contributed by atoms with Crippen LogP contribution in [-0.2, 0) is 10.0 Å². The lowest BCUT2D eigenvalue weighted by atomic mass is 10.2. The van der Waals surface area contributed by atoms with Crippen molar-refractivity contribution in [3.8, 4) is 5.75 Å². The Bertz CT molecular complexity index is 1500. The number of halogens is 1. The molecular formula is C21H17ClN4O5S3. The summed E-state index contributed by atoms with van der Waals surface area (Å²) >= 11 is 12.8. The summed E-state index contributed by atoms with van der Waals surface area (Å²) in [6.07, 6.45) is 0. The molecule has 2 aromatic carbocycles. The molecule has 0 saturated carbocycles. The highest BCUT2D eigenvalue weighted by atomic mass is 35.5. The maximum Gasteiger partial charge on any atom is 0.269 e. The molecule has 0 bridgehead atoms. The maximum atomic E-state index is 12.7. The zero-order chi connectivity index (χ0) is 24.5. The summed E-state index contributed by atoms with van der Waals surface area (Å²) in [5, 5.41) is 10.1. The van der Waals surface area contributed by atoms with E-state index in [0.29, 0.717) is 27.1 Å². The van der Waals surface area contributed by atoms with Gasteiger partial charge in [-0.3, -0.25) is 14.8 Å². The van der Waals surface area contributed by atoms with Crippen molar-refractivity contribution in [2.75, 3.05) is 17.1 Å². The molecule has 0 saturated heterocycles. The molecule has 0 radical (unpaired) electrons. The van der Waals surface area contributed by atoms with Gasteiger partial charge < -0.3 is 14.6 Å². The first kappa shape index (κ1) is 24.0. The molecule has 3 N–H and O–H groups in total. The monoisotopic (exact) mass is 536 g/mol. The third-order valence-electron chi connectivity index (χ3n) is 4.56. The van der Waals surface area contributed by atoms with Gasteiger partial charge >= 0.3 is 0 Å². The van der Waals surface area contributed by atoms with E-state index in [9.17, 15) is 13.2 Å².